The molecule has 0 aliphatic carbocycles. The molecule has 0 radical (unpaired) electrons. The van der Waals surface area contributed by atoms with Gasteiger partial charge in [0.1, 0.15) is 15.8 Å². The van der Waals surface area contributed by atoms with Crippen LogP contribution in [0.15, 0.2) is 48.5 Å². The van der Waals surface area contributed by atoms with Gasteiger partial charge in [-0.3, -0.25) is 14.6 Å². The molecule has 176 valence electrons. The molecule has 2 saturated heterocycles. The van der Waals surface area contributed by atoms with E-state index in [2.05, 4.69) is 89.7 Å². The van der Waals surface area contributed by atoms with E-state index in [-0.39, 0.29) is 27.7 Å². The number of nitrogens with zero attached hydrogens (tertiary/aromatic N) is 4. The quantitative estimate of drug-likeness (QED) is 0.258. The Morgan fingerprint density at radius 1 is 0.970 bits per heavy atom. The number of carbonyl (C=O) groups excluding carboxylic acids is 2. The van der Waals surface area contributed by atoms with Crippen LogP contribution in [-0.2, 0) is 4.79 Å². The van der Waals surface area contributed by atoms with Crippen LogP contribution in [-0.4, -0.2) is 66.6 Å². The molecule has 33 heavy (non-hydrogen) atoms. The lowest BCUT2D eigenvalue weighted by Gasteiger charge is -2.41. The van der Waals surface area contributed by atoms with Crippen LogP contribution in [0.1, 0.15) is 6.92 Å². The van der Waals surface area contributed by atoms with Crippen LogP contribution in [0.25, 0.3) is 0 Å². The Balaban J connectivity index is 1.44. The van der Waals surface area contributed by atoms with Crippen LogP contribution in [0.4, 0.5) is 21.9 Å². The summed E-state index contributed by atoms with van der Waals surface area (Å²) >= 11 is 6.91. The maximum Gasteiger partial charge on any atom is 0.326 e. The van der Waals surface area contributed by atoms with Crippen molar-refractivity contribution in [1.29, 1.82) is 0 Å². The Bertz CT molecular complexity index is 1010. The van der Waals surface area contributed by atoms with Crippen LogP contribution in [0.3, 0.4) is 0 Å². The fraction of sp³-hybridized carbons (Fsp3) is 0.391. The van der Waals surface area contributed by atoms with Crippen LogP contribution in [0.5, 0.6) is 5.75 Å². The number of anilines is 3. The largest absolute Gasteiger partial charge is 0.508 e. The van der Waals surface area contributed by atoms with E-state index in [1.54, 1.807) is 28.9 Å². The Morgan fingerprint density at radius 2 is 1.58 bits per heavy atom. The van der Waals surface area contributed by atoms with Gasteiger partial charge in [-0.25, -0.2) is 4.79 Å². The van der Waals surface area contributed by atoms with Gasteiger partial charge in [0, 0.05) is 41.1 Å². The minimum atomic E-state index is -0.381. The van der Waals surface area contributed by atoms with Crippen molar-refractivity contribution >= 4 is 96.6 Å². The summed E-state index contributed by atoms with van der Waals surface area (Å²) in [5, 5.41) is 9.54. The number of Topliss-reactive ketones (excluding diaryl/α,β-unsaturated/α-hetero) is 1. The maximum absolute atomic E-state index is 13.1. The lowest BCUT2D eigenvalue weighted by Crippen LogP contribution is -2.50. The second kappa shape index (κ2) is 10.7. The molecular formula is C23H25I3N4O3. The number of ketones is 1. The van der Waals surface area contributed by atoms with Crippen molar-refractivity contribution in [1.82, 2.24) is 4.90 Å². The van der Waals surface area contributed by atoms with Gasteiger partial charge in [-0.05, 0) is 55.5 Å². The number of phenols is 1. The van der Waals surface area contributed by atoms with E-state index in [9.17, 15) is 14.7 Å². The van der Waals surface area contributed by atoms with E-state index in [1.807, 2.05) is 24.3 Å². The fourth-order valence-electron chi connectivity index (χ4n) is 4.25. The number of hydrogen-bond acceptors (Lipinski definition) is 5. The average Bonchev–Trinajstić information content (AvgIpc) is 3.09. The van der Waals surface area contributed by atoms with E-state index in [1.165, 1.54) is 0 Å². The molecule has 0 aromatic heterocycles. The SMILES string of the molecule is CC(=O)C(CI)N1C(=O)N(c2ccc(N3CCN(c4ccc(O)cc4)CC3I)cc2)CC1I. The zero-order valence-electron chi connectivity index (χ0n) is 18.1. The van der Waals surface area contributed by atoms with Crippen molar-refractivity contribution in [2.24, 2.45) is 0 Å². The summed E-state index contributed by atoms with van der Waals surface area (Å²) < 4.78 is 0.849. The van der Waals surface area contributed by atoms with Gasteiger partial charge in [-0.15, -0.1) is 0 Å². The predicted molar refractivity (Wildman–Crippen MR) is 158 cm³/mol. The van der Waals surface area contributed by atoms with Crippen molar-refractivity contribution in [3.05, 3.63) is 48.5 Å². The maximum atomic E-state index is 13.1. The van der Waals surface area contributed by atoms with Gasteiger partial charge in [-0.2, -0.15) is 0 Å². The van der Waals surface area contributed by atoms with Gasteiger partial charge >= 0.3 is 6.03 Å². The minimum Gasteiger partial charge on any atom is -0.508 e. The van der Waals surface area contributed by atoms with E-state index in [0.717, 1.165) is 36.7 Å². The molecule has 0 saturated carbocycles. The molecule has 10 heteroatoms. The number of benzene rings is 2. The number of halogens is 3. The second-order valence-electron chi connectivity index (χ2n) is 8.12. The second-order valence-corrected chi connectivity index (χ2v) is 11.9. The first kappa shape index (κ1) is 25.1. The normalized spacial score (nSPS) is 22.1. The third-order valence-electron chi connectivity index (χ3n) is 6.07. The van der Waals surface area contributed by atoms with Gasteiger partial charge < -0.3 is 14.9 Å². The van der Waals surface area contributed by atoms with Gasteiger partial charge in [-0.1, -0.05) is 67.8 Å². The summed E-state index contributed by atoms with van der Waals surface area (Å²) in [6.07, 6.45) is 0. The van der Waals surface area contributed by atoms with E-state index in [0.29, 0.717) is 15.0 Å². The zero-order chi connectivity index (χ0) is 23.7. The smallest absolute Gasteiger partial charge is 0.326 e. The van der Waals surface area contributed by atoms with Gasteiger partial charge in [0.15, 0.2) is 5.78 Å². The number of alkyl halides is 3. The predicted octanol–water partition coefficient (Wildman–Crippen LogP) is 4.88. The minimum absolute atomic E-state index is 0.0242. The first-order chi connectivity index (χ1) is 15.8. The molecule has 2 amide bonds. The number of phenolic OH excluding ortho intramolecular Hbond substituents is 1. The molecule has 0 bridgehead atoms. The molecule has 2 aliphatic heterocycles. The van der Waals surface area contributed by atoms with Crippen LogP contribution < -0.4 is 14.7 Å². The summed E-state index contributed by atoms with van der Waals surface area (Å²) in [5.74, 6) is 0.305. The molecule has 2 aromatic carbocycles. The molecule has 7 nitrogen and oxygen atoms in total. The van der Waals surface area contributed by atoms with Crippen molar-refractivity contribution < 1.29 is 14.7 Å². The highest BCUT2D eigenvalue weighted by Crippen LogP contribution is 2.33. The molecule has 2 heterocycles. The summed E-state index contributed by atoms with van der Waals surface area (Å²) in [6.45, 7) is 4.78. The lowest BCUT2D eigenvalue weighted by atomic mass is 10.2. The molecule has 3 unspecified atom stereocenters. The monoisotopic (exact) mass is 786 g/mol. The first-order valence-corrected chi connectivity index (χ1v) is 14.7. The van der Waals surface area contributed by atoms with E-state index < -0.39 is 0 Å². The number of hydrogen-bond donors (Lipinski definition) is 1. The molecule has 4 rings (SSSR count). The van der Waals surface area contributed by atoms with Crippen LogP contribution in [0.2, 0.25) is 0 Å². The summed E-state index contributed by atoms with van der Waals surface area (Å²) in [5.41, 5.74) is 3.11. The van der Waals surface area contributed by atoms with Crippen molar-refractivity contribution in [2.75, 3.05) is 45.3 Å². The summed E-state index contributed by atoms with van der Waals surface area (Å²) in [7, 11) is 0. The third kappa shape index (κ3) is 5.31. The number of aromatic hydroxyl groups is 1. The molecule has 2 aromatic rings. The molecule has 2 fully saturated rings. The summed E-state index contributed by atoms with van der Waals surface area (Å²) in [6, 6.07) is 15.0. The lowest BCUT2D eigenvalue weighted by molar-refractivity contribution is -0.120. The topological polar surface area (TPSA) is 67.3 Å². The highest BCUT2D eigenvalue weighted by molar-refractivity contribution is 14.1. The average molecular weight is 786 g/mol. The van der Waals surface area contributed by atoms with Crippen molar-refractivity contribution in [3.8, 4) is 5.75 Å². The number of urea groups is 1. The number of carbonyl (C=O) groups is 2. The van der Waals surface area contributed by atoms with Crippen molar-refractivity contribution in [3.63, 3.8) is 0 Å². The van der Waals surface area contributed by atoms with E-state index >= 15 is 0 Å². The number of piperazine rings is 1. The Morgan fingerprint density at radius 3 is 2.15 bits per heavy atom. The molecule has 3 atom stereocenters. The highest BCUT2D eigenvalue weighted by atomic mass is 127. The Hall–Kier alpha value is -1.03. The van der Waals surface area contributed by atoms with E-state index in [4.69, 9.17) is 0 Å². The number of amides is 2. The van der Waals surface area contributed by atoms with Gasteiger partial charge in [0.25, 0.3) is 0 Å². The third-order valence-corrected chi connectivity index (χ3v) is 8.96. The molecule has 0 spiro atoms. The fourth-order valence-corrected chi connectivity index (χ4v) is 7.39. The standard InChI is InChI=1S/C23H25I3N4O3/c1-15(31)20(12-24)30-22(26)14-29(23(30)33)18-4-2-17(3-5-18)28-11-10-27(13-21(28)25)16-6-8-19(32)9-7-16/h2-9,20-22,32H,10-14H2,1H3. The Kier molecular flexibility index (Phi) is 8.14. The van der Waals surface area contributed by atoms with Crippen LogP contribution in [0, 0.1) is 0 Å². The zero-order valence-corrected chi connectivity index (χ0v) is 24.5. The van der Waals surface area contributed by atoms with Crippen LogP contribution >= 0.6 is 67.8 Å². The van der Waals surface area contributed by atoms with Crippen molar-refractivity contribution in [2.45, 2.75) is 21.1 Å². The number of rotatable bonds is 6. The highest BCUT2D eigenvalue weighted by Gasteiger charge is 2.42. The Labute approximate surface area is 234 Å². The molecule has 2 aliphatic rings. The first-order valence-electron chi connectivity index (χ1n) is 10.6. The van der Waals surface area contributed by atoms with Gasteiger partial charge in [0.05, 0.1) is 10.6 Å². The molecular weight excluding hydrogens is 761 g/mol. The summed E-state index contributed by atoms with van der Waals surface area (Å²) in [4.78, 5) is 33.3. The molecule has 1 N–H and O–H groups in total. The van der Waals surface area contributed by atoms with Gasteiger partial charge in [0.2, 0.25) is 0 Å².